The van der Waals surface area contributed by atoms with Crippen LogP contribution in [-0.2, 0) is 9.59 Å². The van der Waals surface area contributed by atoms with Gasteiger partial charge < -0.3 is 15.2 Å². The van der Waals surface area contributed by atoms with Crippen molar-refractivity contribution >= 4 is 17.6 Å². The van der Waals surface area contributed by atoms with Crippen LogP contribution in [0.1, 0.15) is 32.6 Å². The summed E-state index contributed by atoms with van der Waals surface area (Å²) in [7, 11) is 0. The molecule has 104 valence electrons. The van der Waals surface area contributed by atoms with E-state index in [1.165, 1.54) is 0 Å². The average molecular weight is 265 g/mol. The lowest BCUT2D eigenvalue weighted by molar-refractivity contribution is -0.139. The molecule has 0 spiro atoms. The fraction of sp³-hybridized carbons (Fsp3) is 0.429. The van der Waals surface area contributed by atoms with Gasteiger partial charge in [0, 0.05) is 6.42 Å². The number of rotatable bonds is 8. The first-order chi connectivity index (χ1) is 9.13. The van der Waals surface area contributed by atoms with E-state index in [1.54, 1.807) is 24.3 Å². The summed E-state index contributed by atoms with van der Waals surface area (Å²) in [6.45, 7) is 1.65. The van der Waals surface area contributed by atoms with Gasteiger partial charge >= 0.3 is 5.97 Å². The number of carboxylic acids is 1. The van der Waals surface area contributed by atoms with Crippen molar-refractivity contribution in [2.24, 2.45) is 0 Å². The Hall–Kier alpha value is -2.04. The van der Waals surface area contributed by atoms with Gasteiger partial charge in [0.05, 0.1) is 5.69 Å². The first-order valence-corrected chi connectivity index (χ1v) is 6.37. The highest BCUT2D eigenvalue weighted by atomic mass is 16.5. The van der Waals surface area contributed by atoms with E-state index in [2.05, 4.69) is 12.2 Å². The molecular formula is C14H19NO4. The number of para-hydroxylation sites is 2. The van der Waals surface area contributed by atoms with Crippen molar-refractivity contribution in [2.75, 3.05) is 11.9 Å². The summed E-state index contributed by atoms with van der Waals surface area (Å²) >= 11 is 0. The van der Waals surface area contributed by atoms with Crippen molar-refractivity contribution in [1.82, 2.24) is 0 Å². The van der Waals surface area contributed by atoms with Gasteiger partial charge in [-0.15, -0.1) is 0 Å². The number of nitrogens with one attached hydrogen (secondary N) is 1. The molecule has 0 aliphatic heterocycles. The van der Waals surface area contributed by atoms with Gasteiger partial charge in [0.1, 0.15) is 5.75 Å². The van der Waals surface area contributed by atoms with Crippen molar-refractivity contribution < 1.29 is 19.4 Å². The number of carbonyl (C=O) groups excluding carboxylic acids is 1. The number of carbonyl (C=O) groups is 2. The van der Waals surface area contributed by atoms with Gasteiger partial charge in [0.25, 0.3) is 0 Å². The van der Waals surface area contributed by atoms with Gasteiger partial charge in [-0.1, -0.05) is 31.9 Å². The van der Waals surface area contributed by atoms with Crippen LogP contribution in [0.3, 0.4) is 0 Å². The molecule has 0 saturated carbocycles. The Bertz CT molecular complexity index is 431. The normalized spacial score (nSPS) is 9.95. The third kappa shape index (κ3) is 5.90. The number of amides is 1. The molecule has 5 heteroatoms. The van der Waals surface area contributed by atoms with Gasteiger partial charge in [0.2, 0.25) is 5.91 Å². The second-order valence-electron chi connectivity index (χ2n) is 4.18. The average Bonchev–Trinajstić information content (AvgIpc) is 2.38. The Balaban J connectivity index is 2.56. The molecule has 19 heavy (non-hydrogen) atoms. The Kier molecular flexibility index (Phi) is 6.43. The van der Waals surface area contributed by atoms with E-state index >= 15 is 0 Å². The summed E-state index contributed by atoms with van der Waals surface area (Å²) in [6, 6.07) is 6.80. The third-order valence-electron chi connectivity index (χ3n) is 2.52. The van der Waals surface area contributed by atoms with Crippen LogP contribution < -0.4 is 10.1 Å². The molecule has 1 rings (SSSR count). The molecule has 0 bridgehead atoms. The second kappa shape index (κ2) is 8.13. The Morgan fingerprint density at radius 1 is 1.26 bits per heavy atom. The molecule has 0 heterocycles. The summed E-state index contributed by atoms with van der Waals surface area (Å²) in [6.07, 6.45) is 3.39. The van der Waals surface area contributed by atoms with Gasteiger partial charge in [-0.25, -0.2) is 4.79 Å². The fourth-order valence-corrected chi connectivity index (χ4v) is 1.58. The number of benzene rings is 1. The van der Waals surface area contributed by atoms with E-state index in [9.17, 15) is 9.59 Å². The van der Waals surface area contributed by atoms with E-state index in [1.807, 2.05) is 0 Å². The zero-order valence-electron chi connectivity index (χ0n) is 11.0. The van der Waals surface area contributed by atoms with Crippen LogP contribution in [0, 0.1) is 0 Å². The maximum absolute atomic E-state index is 11.7. The van der Waals surface area contributed by atoms with Crippen molar-refractivity contribution in [3.8, 4) is 5.75 Å². The number of hydrogen-bond acceptors (Lipinski definition) is 3. The smallest absolute Gasteiger partial charge is 0.341 e. The lowest BCUT2D eigenvalue weighted by Gasteiger charge is -2.11. The molecule has 0 saturated heterocycles. The van der Waals surface area contributed by atoms with E-state index in [0.717, 1.165) is 19.3 Å². The number of carboxylic acid groups (broad SMARTS) is 1. The molecule has 1 amide bonds. The van der Waals surface area contributed by atoms with E-state index < -0.39 is 12.6 Å². The third-order valence-corrected chi connectivity index (χ3v) is 2.52. The van der Waals surface area contributed by atoms with Crippen LogP contribution in [0.2, 0.25) is 0 Å². The Labute approximate surface area is 112 Å². The highest BCUT2D eigenvalue weighted by Crippen LogP contribution is 2.23. The standard InChI is InChI=1S/C14H19NO4/c1-2-3-4-9-13(16)15-11-7-5-6-8-12(11)19-10-14(17)18/h5-8H,2-4,9-10H2,1H3,(H,15,16)(H,17,18). The molecule has 0 aliphatic rings. The molecule has 0 aliphatic carbocycles. The maximum atomic E-state index is 11.7. The van der Waals surface area contributed by atoms with Crippen LogP contribution in [0.5, 0.6) is 5.75 Å². The summed E-state index contributed by atoms with van der Waals surface area (Å²) in [5.74, 6) is -0.766. The molecule has 5 nitrogen and oxygen atoms in total. The fourth-order valence-electron chi connectivity index (χ4n) is 1.58. The first-order valence-electron chi connectivity index (χ1n) is 6.37. The minimum Gasteiger partial charge on any atom is -0.480 e. The predicted molar refractivity (Wildman–Crippen MR) is 72.3 cm³/mol. The van der Waals surface area contributed by atoms with Crippen LogP contribution in [0.15, 0.2) is 24.3 Å². The molecule has 0 radical (unpaired) electrons. The minimum absolute atomic E-state index is 0.0835. The Morgan fingerprint density at radius 3 is 2.68 bits per heavy atom. The summed E-state index contributed by atoms with van der Waals surface area (Å²) < 4.78 is 5.11. The molecular weight excluding hydrogens is 246 g/mol. The van der Waals surface area contributed by atoms with Gasteiger partial charge in [-0.3, -0.25) is 4.79 Å². The largest absolute Gasteiger partial charge is 0.480 e. The first kappa shape index (κ1) is 15.0. The second-order valence-corrected chi connectivity index (χ2v) is 4.18. The van der Waals surface area contributed by atoms with E-state index in [4.69, 9.17) is 9.84 Å². The minimum atomic E-state index is -1.05. The molecule has 1 aromatic rings. The topological polar surface area (TPSA) is 75.6 Å². The zero-order valence-corrected chi connectivity index (χ0v) is 11.0. The summed E-state index contributed by atoms with van der Waals surface area (Å²) in [5, 5.41) is 11.3. The number of hydrogen-bond donors (Lipinski definition) is 2. The molecule has 1 aromatic carbocycles. The van der Waals surface area contributed by atoms with Crippen molar-refractivity contribution in [3.63, 3.8) is 0 Å². The summed E-state index contributed by atoms with van der Waals surface area (Å²) in [5.41, 5.74) is 0.505. The highest BCUT2D eigenvalue weighted by molar-refractivity contribution is 5.92. The number of aliphatic carboxylic acids is 1. The number of ether oxygens (including phenoxy) is 1. The summed E-state index contributed by atoms with van der Waals surface area (Å²) in [4.78, 5) is 22.2. The lowest BCUT2D eigenvalue weighted by Crippen LogP contribution is -2.14. The van der Waals surface area contributed by atoms with Gasteiger partial charge in [0.15, 0.2) is 6.61 Å². The lowest BCUT2D eigenvalue weighted by atomic mass is 10.2. The molecule has 0 atom stereocenters. The highest BCUT2D eigenvalue weighted by Gasteiger charge is 2.08. The van der Waals surface area contributed by atoms with Crippen LogP contribution in [0.25, 0.3) is 0 Å². The van der Waals surface area contributed by atoms with E-state index in [0.29, 0.717) is 17.9 Å². The Morgan fingerprint density at radius 2 is 2.00 bits per heavy atom. The van der Waals surface area contributed by atoms with Crippen LogP contribution in [-0.4, -0.2) is 23.6 Å². The molecule has 0 aromatic heterocycles. The maximum Gasteiger partial charge on any atom is 0.341 e. The van der Waals surface area contributed by atoms with Crippen molar-refractivity contribution in [3.05, 3.63) is 24.3 Å². The van der Waals surface area contributed by atoms with E-state index in [-0.39, 0.29) is 5.91 Å². The molecule has 0 fully saturated rings. The van der Waals surface area contributed by atoms with Gasteiger partial charge in [-0.2, -0.15) is 0 Å². The quantitative estimate of drug-likeness (QED) is 0.708. The number of unbranched alkanes of at least 4 members (excludes halogenated alkanes) is 2. The number of anilines is 1. The predicted octanol–water partition coefficient (Wildman–Crippen LogP) is 2.67. The van der Waals surface area contributed by atoms with Gasteiger partial charge in [-0.05, 0) is 18.6 Å². The van der Waals surface area contributed by atoms with Crippen LogP contribution >= 0.6 is 0 Å². The SMILES string of the molecule is CCCCCC(=O)Nc1ccccc1OCC(=O)O. The monoisotopic (exact) mass is 265 g/mol. The zero-order chi connectivity index (χ0) is 14.1. The molecule has 0 unspecified atom stereocenters. The van der Waals surface area contributed by atoms with Crippen molar-refractivity contribution in [2.45, 2.75) is 32.6 Å². The van der Waals surface area contributed by atoms with Crippen molar-refractivity contribution in [1.29, 1.82) is 0 Å². The molecule has 2 N–H and O–H groups in total. The van der Waals surface area contributed by atoms with Crippen LogP contribution in [0.4, 0.5) is 5.69 Å².